The Morgan fingerprint density at radius 1 is 1.29 bits per heavy atom. The first-order chi connectivity index (χ1) is 14.3. The predicted octanol–water partition coefficient (Wildman–Crippen LogP) is 6.01. The van der Waals surface area contributed by atoms with Crippen LogP contribution in [0.25, 0.3) is 11.0 Å². The fourth-order valence-corrected chi connectivity index (χ4v) is 5.50. The molecule has 1 heterocycles. The zero-order chi connectivity index (χ0) is 23.2. The van der Waals surface area contributed by atoms with Crippen molar-refractivity contribution in [2.24, 2.45) is 5.92 Å². The van der Waals surface area contributed by atoms with Gasteiger partial charge in [0.25, 0.3) is 0 Å². The molecule has 1 aliphatic carbocycles. The summed E-state index contributed by atoms with van der Waals surface area (Å²) in [5, 5.41) is 12.5. The van der Waals surface area contributed by atoms with E-state index in [2.05, 4.69) is 49.8 Å². The molecule has 1 unspecified atom stereocenters. The van der Waals surface area contributed by atoms with Crippen LogP contribution in [0, 0.1) is 17.2 Å². The molecule has 6 nitrogen and oxygen atoms in total. The van der Waals surface area contributed by atoms with Gasteiger partial charge in [-0.1, -0.05) is 27.7 Å². The Kier molecular flexibility index (Phi) is 6.11. The van der Waals surface area contributed by atoms with E-state index in [-0.39, 0.29) is 16.9 Å². The molecule has 3 rings (SSSR count). The number of nitrogens with zero attached hydrogens (tertiary/aromatic N) is 3. The molecule has 0 aliphatic heterocycles. The summed E-state index contributed by atoms with van der Waals surface area (Å²) >= 11 is 0. The summed E-state index contributed by atoms with van der Waals surface area (Å²) < 4.78 is 8.73. The molecule has 0 saturated heterocycles. The largest absolute Gasteiger partial charge is 0.411 e. The van der Waals surface area contributed by atoms with Crippen LogP contribution < -0.4 is 5.32 Å². The van der Waals surface area contributed by atoms with E-state index in [4.69, 9.17) is 9.41 Å². The molecule has 1 saturated carbocycles. The van der Waals surface area contributed by atoms with Crippen LogP contribution in [0.4, 0.5) is 5.95 Å². The van der Waals surface area contributed by atoms with Gasteiger partial charge in [0.1, 0.15) is 0 Å². The van der Waals surface area contributed by atoms with Gasteiger partial charge in [-0.05, 0) is 69.4 Å². The molecule has 7 heteroatoms. The zero-order valence-electron chi connectivity index (χ0n) is 20.2. The lowest BCUT2D eigenvalue weighted by Gasteiger charge is -2.44. The topological polar surface area (TPSA) is 79.9 Å². The number of nitrogens with one attached hydrogen (secondary N) is 1. The second kappa shape index (κ2) is 8.07. The highest BCUT2D eigenvalue weighted by molar-refractivity contribution is 6.74. The van der Waals surface area contributed by atoms with E-state index in [1.54, 1.807) is 6.07 Å². The van der Waals surface area contributed by atoms with Gasteiger partial charge in [-0.15, -0.1) is 0 Å². The van der Waals surface area contributed by atoms with Gasteiger partial charge in [-0.2, -0.15) is 5.26 Å². The lowest BCUT2D eigenvalue weighted by molar-refractivity contribution is -0.125. The van der Waals surface area contributed by atoms with Crippen molar-refractivity contribution in [2.45, 2.75) is 90.6 Å². The van der Waals surface area contributed by atoms with Crippen molar-refractivity contribution in [3.05, 3.63) is 23.8 Å². The number of imidazole rings is 1. The number of anilines is 1. The summed E-state index contributed by atoms with van der Waals surface area (Å²) in [5.74, 6) is 0.112. The van der Waals surface area contributed by atoms with Crippen LogP contribution in [0.1, 0.15) is 72.4 Å². The van der Waals surface area contributed by atoms with Gasteiger partial charge in [0.15, 0.2) is 8.32 Å². The van der Waals surface area contributed by atoms with E-state index >= 15 is 0 Å². The van der Waals surface area contributed by atoms with Gasteiger partial charge in [0.05, 0.1) is 34.2 Å². The Bertz CT molecular complexity index is 1020. The molecule has 0 radical (unpaired) electrons. The first kappa shape index (κ1) is 23.5. The number of hydrogen-bond acceptors (Lipinski definition) is 4. The molecule has 1 amide bonds. The highest BCUT2D eigenvalue weighted by Crippen LogP contribution is 2.41. The van der Waals surface area contributed by atoms with Crippen molar-refractivity contribution in [3.8, 4) is 6.07 Å². The molecule has 1 fully saturated rings. The molecule has 0 spiro atoms. The smallest absolute Gasteiger partial charge is 0.232 e. The molecular weight excluding hydrogens is 404 g/mol. The molecular formula is C24H36N4O2Si. The van der Waals surface area contributed by atoms with Crippen LogP contribution in [0.2, 0.25) is 18.1 Å². The van der Waals surface area contributed by atoms with Gasteiger partial charge in [-0.3, -0.25) is 10.1 Å². The average molecular weight is 441 g/mol. The van der Waals surface area contributed by atoms with E-state index in [0.717, 1.165) is 23.9 Å². The molecule has 31 heavy (non-hydrogen) atoms. The highest BCUT2D eigenvalue weighted by Gasteiger charge is 2.44. The second-order valence-corrected chi connectivity index (χ2v) is 15.6. The molecule has 0 bridgehead atoms. The van der Waals surface area contributed by atoms with E-state index in [0.29, 0.717) is 17.6 Å². The Labute approximate surface area is 187 Å². The fourth-order valence-electron chi connectivity index (χ4n) is 3.70. The van der Waals surface area contributed by atoms with Gasteiger partial charge >= 0.3 is 0 Å². The summed E-state index contributed by atoms with van der Waals surface area (Å²) in [4.78, 5) is 18.0. The summed E-state index contributed by atoms with van der Waals surface area (Å²) in [5.41, 5.74) is 1.70. The standard InChI is InChI=1S/C24H36N4O2Si/c1-16(24(5,6)30-31(7,8)23(2,3)4)21(29)27-22-26-19-13-12-17(15-25)14-20(19)28(22)18-10-9-11-18/h12-14,16,18H,9-11H2,1-8H3,(H,26,27,29). The molecule has 1 aromatic heterocycles. The third-order valence-corrected chi connectivity index (χ3v) is 11.9. The maximum atomic E-state index is 13.3. The predicted molar refractivity (Wildman–Crippen MR) is 127 cm³/mol. The average Bonchev–Trinajstić information content (AvgIpc) is 2.94. The van der Waals surface area contributed by atoms with Crippen LogP contribution >= 0.6 is 0 Å². The first-order valence-electron chi connectivity index (χ1n) is 11.2. The van der Waals surface area contributed by atoms with Gasteiger partial charge in [0.2, 0.25) is 11.9 Å². The Balaban J connectivity index is 1.88. The maximum Gasteiger partial charge on any atom is 0.232 e. The van der Waals surface area contributed by atoms with Crippen molar-refractivity contribution in [1.82, 2.24) is 9.55 Å². The van der Waals surface area contributed by atoms with E-state index in [9.17, 15) is 10.1 Å². The van der Waals surface area contributed by atoms with E-state index < -0.39 is 13.9 Å². The summed E-state index contributed by atoms with van der Waals surface area (Å²) in [6.45, 7) is 17.0. The zero-order valence-corrected chi connectivity index (χ0v) is 21.2. The molecule has 1 aromatic carbocycles. The normalized spacial score (nSPS) is 16.6. The molecule has 1 aliphatic rings. The fraction of sp³-hybridized carbons (Fsp3) is 0.625. The first-order valence-corrected chi connectivity index (χ1v) is 14.1. The number of nitriles is 1. The number of carbonyl (C=O) groups excluding carboxylic acids is 1. The minimum Gasteiger partial charge on any atom is -0.411 e. The number of fused-ring (bicyclic) bond motifs is 1. The van der Waals surface area contributed by atoms with Crippen molar-refractivity contribution in [1.29, 1.82) is 5.26 Å². The molecule has 1 atom stereocenters. The Morgan fingerprint density at radius 3 is 2.45 bits per heavy atom. The molecule has 1 N–H and O–H groups in total. The Hall–Kier alpha value is -2.17. The van der Waals surface area contributed by atoms with Crippen LogP contribution in [0.3, 0.4) is 0 Å². The number of rotatable bonds is 6. The monoisotopic (exact) mass is 440 g/mol. The number of benzene rings is 1. The van der Waals surface area contributed by atoms with E-state index in [1.165, 1.54) is 6.42 Å². The number of carbonyl (C=O) groups is 1. The van der Waals surface area contributed by atoms with Crippen LogP contribution in [-0.2, 0) is 9.22 Å². The second-order valence-electron chi connectivity index (χ2n) is 10.9. The van der Waals surface area contributed by atoms with Gasteiger partial charge < -0.3 is 8.99 Å². The van der Waals surface area contributed by atoms with E-state index in [1.807, 2.05) is 32.9 Å². The number of hydrogen-bond donors (Lipinski definition) is 1. The highest BCUT2D eigenvalue weighted by atomic mass is 28.4. The minimum absolute atomic E-state index is 0.0666. The minimum atomic E-state index is -2.03. The maximum absolute atomic E-state index is 13.3. The third-order valence-electron chi connectivity index (χ3n) is 7.25. The third kappa shape index (κ3) is 4.56. The van der Waals surface area contributed by atoms with Crippen LogP contribution in [0.5, 0.6) is 0 Å². The van der Waals surface area contributed by atoms with Crippen molar-refractivity contribution in [2.75, 3.05) is 5.32 Å². The lowest BCUT2D eigenvalue weighted by Crippen LogP contribution is -2.52. The van der Waals surface area contributed by atoms with Crippen molar-refractivity contribution < 1.29 is 9.22 Å². The van der Waals surface area contributed by atoms with Crippen molar-refractivity contribution >= 4 is 31.2 Å². The summed E-state index contributed by atoms with van der Waals surface area (Å²) in [7, 11) is -2.03. The van der Waals surface area contributed by atoms with Crippen LogP contribution in [-0.4, -0.2) is 29.4 Å². The van der Waals surface area contributed by atoms with Crippen LogP contribution in [0.15, 0.2) is 18.2 Å². The Morgan fingerprint density at radius 2 is 1.94 bits per heavy atom. The molecule has 168 valence electrons. The van der Waals surface area contributed by atoms with Gasteiger partial charge in [0, 0.05) is 6.04 Å². The van der Waals surface area contributed by atoms with Crippen molar-refractivity contribution in [3.63, 3.8) is 0 Å². The summed E-state index contributed by atoms with van der Waals surface area (Å²) in [6, 6.07) is 8.00. The quantitative estimate of drug-likeness (QED) is 0.558. The SMILES string of the molecule is CC(C(=O)Nc1nc2ccc(C#N)cc2n1C1CCC1)C(C)(C)O[Si](C)(C)C(C)(C)C. The molecule has 2 aromatic rings. The lowest BCUT2D eigenvalue weighted by atomic mass is 9.92. The number of amides is 1. The van der Waals surface area contributed by atoms with Gasteiger partial charge in [-0.25, -0.2) is 4.98 Å². The summed E-state index contributed by atoms with van der Waals surface area (Å²) in [6.07, 6.45) is 3.28. The number of aromatic nitrogens is 2.